The molecule has 2 heteroatoms. The fourth-order valence-corrected chi connectivity index (χ4v) is 4.63. The average Bonchev–Trinajstić information content (AvgIpc) is 3.67. The third-order valence-corrected chi connectivity index (χ3v) is 6.29. The van der Waals surface area contributed by atoms with Crippen molar-refractivity contribution in [3.63, 3.8) is 0 Å². The second-order valence-electron chi connectivity index (χ2n) is 8.48. The number of fused-ring (bicyclic) bond motifs is 5. The Morgan fingerprint density at radius 1 is 0.425 bits per heavy atom. The maximum atomic E-state index is 11.6. The minimum absolute atomic E-state index is 0.436. The lowest BCUT2D eigenvalue weighted by Crippen LogP contribution is -1.91. The number of phenolic OH excluding ortho intramolecular Hbond substituents is 1. The van der Waals surface area contributed by atoms with Gasteiger partial charge in [0.05, 0.1) is 31.5 Å². The summed E-state index contributed by atoms with van der Waals surface area (Å²) in [6.45, 7) is 0. The number of benzene rings is 7. The van der Waals surface area contributed by atoms with Gasteiger partial charge in [0.2, 0.25) is 0 Å². The van der Waals surface area contributed by atoms with Crippen LogP contribution >= 0.6 is 0 Å². The van der Waals surface area contributed by atoms with Crippen molar-refractivity contribution in [3.05, 3.63) is 139 Å². The standard InChI is InChI=1S/C38H24O2/c39-34-23-27(22-33-28-12-8-9-17-35(28)40-38(33)34)37-31-15-6-4-13-29(31)36(30-14-5-7-16-32(30)37)26-20-18-25(19-21-26)24-10-2-1-3-11-24/h1-23,39H/i1D,2D,3D,4D,5D,6D,7D,8D,9D,10D,11D,12D,13D,14D,15D,16D,17D,18D,19D,20D,21D,22D,23D. The topological polar surface area (TPSA) is 33.4 Å². The smallest absolute Gasteiger partial charge is 0.177 e. The van der Waals surface area contributed by atoms with Crippen LogP contribution in [0.1, 0.15) is 31.5 Å². The molecule has 0 aliphatic carbocycles. The Labute approximate surface area is 263 Å². The van der Waals surface area contributed by atoms with Crippen molar-refractivity contribution < 1.29 is 41.1 Å². The molecule has 188 valence electrons. The van der Waals surface area contributed by atoms with Gasteiger partial charge >= 0.3 is 0 Å². The molecule has 7 aromatic carbocycles. The molecule has 40 heavy (non-hydrogen) atoms. The Bertz CT molecular complexity index is 3360. The summed E-state index contributed by atoms with van der Waals surface area (Å²) in [5.41, 5.74) is -5.61. The van der Waals surface area contributed by atoms with Gasteiger partial charge in [-0.05, 0) is 73.1 Å². The first-order chi connectivity index (χ1) is 29.3. The summed E-state index contributed by atoms with van der Waals surface area (Å²) >= 11 is 0. The molecule has 1 aromatic heterocycles. The van der Waals surface area contributed by atoms with Gasteiger partial charge in [-0.3, -0.25) is 0 Å². The molecule has 8 rings (SSSR count). The van der Waals surface area contributed by atoms with E-state index in [-0.39, 0.29) is 0 Å². The number of furan rings is 1. The van der Waals surface area contributed by atoms with Gasteiger partial charge in [-0.15, -0.1) is 0 Å². The van der Waals surface area contributed by atoms with Crippen molar-refractivity contribution in [3.8, 4) is 39.1 Å². The molecule has 2 nitrogen and oxygen atoms in total. The quantitative estimate of drug-likeness (QED) is 0.228. The summed E-state index contributed by atoms with van der Waals surface area (Å²) in [4.78, 5) is 0. The van der Waals surface area contributed by atoms with E-state index in [0.717, 1.165) is 0 Å². The van der Waals surface area contributed by atoms with E-state index in [0.29, 0.717) is 0 Å². The van der Waals surface area contributed by atoms with Gasteiger partial charge in [0.15, 0.2) is 11.3 Å². The summed E-state index contributed by atoms with van der Waals surface area (Å²) in [5.74, 6) is -1.07. The van der Waals surface area contributed by atoms with E-state index in [4.69, 9.17) is 25.0 Å². The highest BCUT2D eigenvalue weighted by Crippen LogP contribution is 2.46. The summed E-state index contributed by atoms with van der Waals surface area (Å²) in [6.07, 6.45) is 0. The summed E-state index contributed by atoms with van der Waals surface area (Å²) < 4.78 is 208. The number of rotatable bonds is 3. The minimum atomic E-state index is -1.07. The molecule has 8 aromatic rings. The van der Waals surface area contributed by atoms with E-state index in [1.54, 1.807) is 0 Å². The predicted molar refractivity (Wildman–Crippen MR) is 167 cm³/mol. The van der Waals surface area contributed by atoms with Gasteiger partial charge in [-0.2, -0.15) is 0 Å². The summed E-state index contributed by atoms with van der Waals surface area (Å²) in [7, 11) is 0. The van der Waals surface area contributed by atoms with E-state index in [1.165, 1.54) is 0 Å². The van der Waals surface area contributed by atoms with E-state index in [9.17, 15) is 16.1 Å². The van der Waals surface area contributed by atoms with Crippen LogP contribution in [-0.2, 0) is 0 Å². The van der Waals surface area contributed by atoms with Gasteiger partial charge in [-0.1, -0.05) is 121 Å². The SMILES string of the molecule is [2H]c1c([2H])c([2H])c(-c2c([2H])c([2H])c(-c3c4c([2H])c([2H])c([2H])c([2H])c4c(-c4c([2H])c(O)c5oc6c([2H])c([2H])c([2H])c([2H])c6c5c4[2H])c4c([2H])c([2H])c([2H])c([2H])c34)c([2H])c2[2H])c([2H])c1[2H]. The van der Waals surface area contributed by atoms with Crippen LogP contribution in [0, 0.1) is 0 Å². The third kappa shape index (κ3) is 3.43. The van der Waals surface area contributed by atoms with E-state index in [1.807, 2.05) is 0 Å². The summed E-state index contributed by atoms with van der Waals surface area (Å²) in [5, 5.41) is 7.83. The van der Waals surface area contributed by atoms with Crippen molar-refractivity contribution in [2.75, 3.05) is 0 Å². The lowest BCUT2D eigenvalue weighted by molar-refractivity contribution is 0.469. The van der Waals surface area contributed by atoms with E-state index < -0.39 is 222 Å². The Kier molecular flexibility index (Phi) is 2.08. The molecule has 0 fully saturated rings. The van der Waals surface area contributed by atoms with Gasteiger partial charge in [0, 0.05) is 10.8 Å². The number of hydrogen-bond donors (Lipinski definition) is 1. The number of aromatic hydroxyl groups is 1. The number of para-hydroxylation sites is 1. The minimum Gasteiger partial charge on any atom is -0.504 e. The molecule has 0 amide bonds. The maximum absolute atomic E-state index is 11.6. The van der Waals surface area contributed by atoms with Crippen LogP contribution in [-0.4, -0.2) is 5.11 Å². The van der Waals surface area contributed by atoms with Gasteiger partial charge in [0.1, 0.15) is 5.58 Å². The zero-order valence-corrected chi connectivity index (χ0v) is 19.9. The second-order valence-corrected chi connectivity index (χ2v) is 8.48. The van der Waals surface area contributed by atoms with E-state index >= 15 is 0 Å². The van der Waals surface area contributed by atoms with Gasteiger partial charge in [-0.25, -0.2) is 0 Å². The molecule has 0 saturated carbocycles. The van der Waals surface area contributed by atoms with Crippen LogP contribution in [0.15, 0.2) is 143 Å². The highest BCUT2D eigenvalue weighted by molar-refractivity contribution is 6.22. The first kappa shape index (κ1) is 9.39. The Morgan fingerprint density at radius 2 is 0.900 bits per heavy atom. The fraction of sp³-hybridized carbons (Fsp3) is 0. The summed E-state index contributed by atoms with van der Waals surface area (Å²) in [6, 6.07) is -20.9. The number of hydrogen-bond acceptors (Lipinski definition) is 2. The van der Waals surface area contributed by atoms with Gasteiger partial charge < -0.3 is 9.52 Å². The maximum Gasteiger partial charge on any atom is 0.177 e. The lowest BCUT2D eigenvalue weighted by atomic mass is 9.85. The lowest BCUT2D eigenvalue weighted by Gasteiger charge is -2.18. The molecular weight excluding hydrogens is 488 g/mol. The van der Waals surface area contributed by atoms with Crippen LogP contribution in [0.3, 0.4) is 0 Å². The van der Waals surface area contributed by atoms with Crippen molar-refractivity contribution in [2.45, 2.75) is 0 Å². The van der Waals surface area contributed by atoms with Crippen molar-refractivity contribution in [1.29, 1.82) is 0 Å². The Balaban J connectivity index is 1.69. The molecular formula is C38H24O2. The highest BCUT2D eigenvalue weighted by Gasteiger charge is 2.19. The van der Waals surface area contributed by atoms with Crippen LogP contribution in [0.2, 0.25) is 0 Å². The zero-order chi connectivity index (χ0) is 46.6. The van der Waals surface area contributed by atoms with Crippen LogP contribution in [0.25, 0.3) is 76.9 Å². The number of phenols is 1. The van der Waals surface area contributed by atoms with E-state index in [2.05, 4.69) is 0 Å². The molecule has 0 aliphatic rings. The average molecular weight is 536 g/mol. The molecule has 0 spiro atoms. The Hall–Kier alpha value is -5.34. The fourth-order valence-electron chi connectivity index (χ4n) is 4.63. The highest BCUT2D eigenvalue weighted by atomic mass is 16.4. The van der Waals surface area contributed by atoms with Crippen molar-refractivity contribution in [2.24, 2.45) is 0 Å². The molecule has 1 heterocycles. The first-order valence-electron chi connectivity index (χ1n) is 23.1. The molecule has 0 bridgehead atoms. The monoisotopic (exact) mass is 535 g/mol. The molecule has 0 aliphatic heterocycles. The van der Waals surface area contributed by atoms with Crippen molar-refractivity contribution >= 4 is 43.5 Å². The predicted octanol–water partition coefficient (Wildman–Crippen LogP) is 10.6. The molecule has 1 N–H and O–H groups in total. The van der Waals surface area contributed by atoms with Gasteiger partial charge in [0.25, 0.3) is 0 Å². The first-order valence-corrected chi connectivity index (χ1v) is 11.6. The van der Waals surface area contributed by atoms with Crippen molar-refractivity contribution in [1.82, 2.24) is 0 Å². The largest absolute Gasteiger partial charge is 0.504 e. The zero-order valence-electron chi connectivity index (χ0n) is 42.9. The third-order valence-electron chi connectivity index (χ3n) is 6.29. The molecule has 0 radical (unpaired) electrons. The van der Waals surface area contributed by atoms with Crippen LogP contribution < -0.4 is 0 Å². The molecule has 0 saturated heterocycles. The second kappa shape index (κ2) is 8.86. The molecule has 0 unspecified atom stereocenters. The van der Waals surface area contributed by atoms with Crippen LogP contribution in [0.5, 0.6) is 5.75 Å². The Morgan fingerprint density at radius 3 is 1.52 bits per heavy atom. The molecule has 0 atom stereocenters. The van der Waals surface area contributed by atoms with Crippen LogP contribution in [0.4, 0.5) is 0 Å². The normalized spacial score (nSPS) is 19.6.